The van der Waals surface area contributed by atoms with Gasteiger partial charge in [-0.05, 0) is 31.5 Å². The van der Waals surface area contributed by atoms with Crippen molar-refractivity contribution in [3.63, 3.8) is 0 Å². The van der Waals surface area contributed by atoms with Gasteiger partial charge in [-0.1, -0.05) is 6.07 Å². The Kier molecular flexibility index (Phi) is 5.11. The van der Waals surface area contributed by atoms with Crippen LogP contribution >= 0.6 is 0 Å². The van der Waals surface area contributed by atoms with Crippen molar-refractivity contribution in [2.45, 2.75) is 19.4 Å². The van der Waals surface area contributed by atoms with Crippen LogP contribution in [-0.2, 0) is 11.3 Å². The third-order valence-electron chi connectivity index (χ3n) is 2.94. The molecule has 6 heteroatoms. The topological polar surface area (TPSA) is 60.6 Å². The summed E-state index contributed by atoms with van der Waals surface area (Å²) in [4.78, 5) is 12.0. The van der Waals surface area contributed by atoms with Gasteiger partial charge in [-0.2, -0.15) is 0 Å². The number of aryl methyl sites for hydroxylation is 1. The molecule has 0 aliphatic heterocycles. The fourth-order valence-electron chi connectivity index (χ4n) is 1.92. The van der Waals surface area contributed by atoms with Crippen LogP contribution < -0.4 is 11.0 Å². The lowest BCUT2D eigenvalue weighted by Crippen LogP contribution is -2.23. The first kappa shape index (κ1) is 13.8. The second-order valence-corrected chi connectivity index (χ2v) is 4.38. The SMILES string of the molecule is COCCNCCCCn1nc2ccccn2c1=O. The number of aromatic nitrogens is 3. The summed E-state index contributed by atoms with van der Waals surface area (Å²) in [6.07, 6.45) is 3.70. The van der Waals surface area contributed by atoms with E-state index in [1.807, 2.05) is 18.2 Å². The largest absolute Gasteiger partial charge is 0.383 e. The van der Waals surface area contributed by atoms with Crippen molar-refractivity contribution >= 4 is 5.65 Å². The summed E-state index contributed by atoms with van der Waals surface area (Å²) in [6.45, 7) is 3.19. The van der Waals surface area contributed by atoms with Gasteiger partial charge in [-0.15, -0.1) is 5.10 Å². The van der Waals surface area contributed by atoms with Gasteiger partial charge < -0.3 is 10.1 Å². The minimum Gasteiger partial charge on any atom is -0.383 e. The lowest BCUT2D eigenvalue weighted by atomic mass is 10.3. The fraction of sp³-hybridized carbons (Fsp3) is 0.538. The van der Waals surface area contributed by atoms with Crippen LogP contribution in [0.15, 0.2) is 29.2 Å². The average molecular weight is 264 g/mol. The predicted octanol–water partition coefficient (Wildman–Crippen LogP) is 0.512. The van der Waals surface area contributed by atoms with Crippen LogP contribution in [0.3, 0.4) is 0 Å². The Hall–Kier alpha value is -1.66. The Balaban J connectivity index is 1.79. The maximum Gasteiger partial charge on any atom is 0.350 e. The monoisotopic (exact) mass is 264 g/mol. The Morgan fingerprint density at radius 2 is 2.21 bits per heavy atom. The van der Waals surface area contributed by atoms with Crippen LogP contribution in [-0.4, -0.2) is 41.0 Å². The molecule has 0 unspecified atom stereocenters. The number of pyridine rings is 1. The lowest BCUT2D eigenvalue weighted by Gasteiger charge is -2.03. The van der Waals surface area contributed by atoms with Gasteiger partial charge in [0.05, 0.1) is 6.61 Å². The molecular weight excluding hydrogens is 244 g/mol. The molecule has 0 saturated heterocycles. The van der Waals surface area contributed by atoms with Gasteiger partial charge in [-0.3, -0.25) is 4.40 Å². The van der Waals surface area contributed by atoms with Crippen molar-refractivity contribution in [3.05, 3.63) is 34.9 Å². The first-order valence-corrected chi connectivity index (χ1v) is 6.57. The molecule has 104 valence electrons. The van der Waals surface area contributed by atoms with Crippen molar-refractivity contribution in [1.29, 1.82) is 0 Å². The number of nitrogens with one attached hydrogen (secondary N) is 1. The van der Waals surface area contributed by atoms with E-state index in [9.17, 15) is 4.79 Å². The maximum atomic E-state index is 12.0. The molecule has 2 aromatic rings. The number of fused-ring (bicyclic) bond motifs is 1. The quantitative estimate of drug-likeness (QED) is 0.706. The molecule has 19 heavy (non-hydrogen) atoms. The Bertz CT molecular complexity index is 561. The molecule has 0 aromatic carbocycles. The summed E-state index contributed by atoms with van der Waals surface area (Å²) in [5.41, 5.74) is 0.633. The molecule has 0 fully saturated rings. The number of hydrogen-bond acceptors (Lipinski definition) is 4. The van der Waals surface area contributed by atoms with E-state index in [1.165, 1.54) is 4.68 Å². The van der Waals surface area contributed by atoms with Crippen LogP contribution in [0.4, 0.5) is 0 Å². The number of rotatable bonds is 8. The van der Waals surface area contributed by atoms with Crippen molar-refractivity contribution in [1.82, 2.24) is 19.5 Å². The lowest BCUT2D eigenvalue weighted by molar-refractivity contribution is 0.199. The molecular formula is C13H20N4O2. The Morgan fingerprint density at radius 1 is 1.32 bits per heavy atom. The summed E-state index contributed by atoms with van der Waals surface area (Å²) in [6, 6.07) is 5.55. The third-order valence-corrected chi connectivity index (χ3v) is 2.94. The standard InChI is InChI=1S/C13H20N4O2/c1-19-11-8-14-7-3-5-10-17-13(18)16-9-4-2-6-12(16)15-17/h2,4,6,9,14H,3,5,7-8,10-11H2,1H3. The first-order valence-electron chi connectivity index (χ1n) is 6.57. The first-order chi connectivity index (χ1) is 9.33. The van der Waals surface area contributed by atoms with Gasteiger partial charge in [0.25, 0.3) is 0 Å². The Morgan fingerprint density at radius 3 is 3.00 bits per heavy atom. The predicted molar refractivity (Wildman–Crippen MR) is 73.4 cm³/mol. The van der Waals surface area contributed by atoms with Crippen molar-refractivity contribution in [2.75, 3.05) is 26.8 Å². The average Bonchev–Trinajstić information content (AvgIpc) is 2.75. The molecule has 0 bridgehead atoms. The summed E-state index contributed by atoms with van der Waals surface area (Å²) in [5, 5.41) is 7.56. The van der Waals surface area contributed by atoms with Crippen LogP contribution in [0.25, 0.3) is 5.65 Å². The number of nitrogens with zero attached hydrogens (tertiary/aromatic N) is 3. The van der Waals surface area contributed by atoms with Crippen LogP contribution in [0, 0.1) is 0 Å². The molecule has 0 aliphatic carbocycles. The van der Waals surface area contributed by atoms with Gasteiger partial charge in [-0.25, -0.2) is 9.48 Å². The van der Waals surface area contributed by atoms with E-state index in [2.05, 4.69) is 10.4 Å². The summed E-state index contributed by atoms with van der Waals surface area (Å²) < 4.78 is 8.04. The van der Waals surface area contributed by atoms with Crippen molar-refractivity contribution in [2.24, 2.45) is 0 Å². The summed E-state index contributed by atoms with van der Waals surface area (Å²) in [5.74, 6) is 0. The van der Waals surface area contributed by atoms with E-state index in [1.54, 1.807) is 17.7 Å². The number of hydrogen-bond donors (Lipinski definition) is 1. The smallest absolute Gasteiger partial charge is 0.350 e. The number of ether oxygens (including phenoxy) is 1. The molecule has 0 amide bonds. The van der Waals surface area contributed by atoms with Gasteiger partial charge >= 0.3 is 5.69 Å². The molecule has 2 rings (SSSR count). The van der Waals surface area contributed by atoms with Crippen LogP contribution in [0.5, 0.6) is 0 Å². The molecule has 0 aliphatic rings. The van der Waals surface area contributed by atoms with Gasteiger partial charge in [0.15, 0.2) is 5.65 Å². The highest BCUT2D eigenvalue weighted by Crippen LogP contribution is 1.97. The molecule has 2 aromatic heterocycles. The van der Waals surface area contributed by atoms with Crippen LogP contribution in [0.2, 0.25) is 0 Å². The second-order valence-electron chi connectivity index (χ2n) is 4.38. The summed E-state index contributed by atoms with van der Waals surface area (Å²) in [7, 11) is 1.69. The van der Waals surface area contributed by atoms with E-state index in [0.717, 1.165) is 32.5 Å². The molecule has 0 saturated carbocycles. The maximum absolute atomic E-state index is 12.0. The highest BCUT2D eigenvalue weighted by molar-refractivity contribution is 5.35. The highest BCUT2D eigenvalue weighted by Gasteiger charge is 2.04. The van der Waals surface area contributed by atoms with Gasteiger partial charge in [0.1, 0.15) is 0 Å². The van der Waals surface area contributed by atoms with Crippen LogP contribution in [0.1, 0.15) is 12.8 Å². The zero-order valence-corrected chi connectivity index (χ0v) is 11.2. The van der Waals surface area contributed by atoms with Crippen molar-refractivity contribution < 1.29 is 4.74 Å². The number of unbranched alkanes of at least 4 members (excludes halogenated alkanes) is 1. The zero-order valence-electron chi connectivity index (χ0n) is 11.2. The fourth-order valence-corrected chi connectivity index (χ4v) is 1.92. The summed E-state index contributed by atoms with van der Waals surface area (Å²) >= 11 is 0. The van der Waals surface area contributed by atoms with Gasteiger partial charge in [0.2, 0.25) is 0 Å². The highest BCUT2D eigenvalue weighted by atomic mass is 16.5. The molecule has 1 N–H and O–H groups in total. The molecule has 2 heterocycles. The van der Waals surface area contributed by atoms with E-state index >= 15 is 0 Å². The van der Waals surface area contributed by atoms with E-state index in [4.69, 9.17) is 4.74 Å². The van der Waals surface area contributed by atoms with Gasteiger partial charge in [0, 0.05) is 26.4 Å². The number of methoxy groups -OCH3 is 1. The minimum absolute atomic E-state index is 0.0667. The molecule has 6 nitrogen and oxygen atoms in total. The minimum atomic E-state index is -0.0667. The van der Waals surface area contributed by atoms with Crippen molar-refractivity contribution in [3.8, 4) is 0 Å². The molecule has 0 atom stereocenters. The second kappa shape index (κ2) is 7.06. The Labute approximate surface area is 112 Å². The van der Waals surface area contributed by atoms with E-state index in [-0.39, 0.29) is 5.69 Å². The van der Waals surface area contributed by atoms with E-state index < -0.39 is 0 Å². The molecule has 0 spiro atoms. The van der Waals surface area contributed by atoms with E-state index in [0.29, 0.717) is 12.2 Å². The third kappa shape index (κ3) is 3.65. The molecule has 0 radical (unpaired) electrons. The normalized spacial score (nSPS) is 11.2. The zero-order chi connectivity index (χ0) is 13.5.